The van der Waals surface area contributed by atoms with E-state index < -0.39 is 0 Å². The number of methoxy groups -OCH3 is 4. The van der Waals surface area contributed by atoms with E-state index in [9.17, 15) is 0 Å². The van der Waals surface area contributed by atoms with Crippen molar-refractivity contribution in [3.05, 3.63) is 90.0 Å². The Morgan fingerprint density at radius 1 is 0.727 bits per heavy atom. The highest BCUT2D eigenvalue weighted by molar-refractivity contribution is 5.85. The molecule has 0 aromatic heterocycles. The van der Waals surface area contributed by atoms with Crippen LogP contribution in [0.25, 0.3) is 11.8 Å². The van der Waals surface area contributed by atoms with Gasteiger partial charge in [0.2, 0.25) is 0 Å². The number of nitrogens with one attached hydrogen (secondary N) is 1. The van der Waals surface area contributed by atoms with Crippen molar-refractivity contribution in [2.24, 2.45) is 0 Å². The molecular weight excluding hydrogens is 416 g/mol. The molecule has 170 valence electrons. The molecule has 1 heterocycles. The number of nitrogens with zero attached hydrogens (tertiary/aromatic N) is 1. The highest BCUT2D eigenvalue weighted by atomic mass is 16.5. The Morgan fingerprint density at radius 2 is 1.39 bits per heavy atom. The maximum absolute atomic E-state index is 5.72. The summed E-state index contributed by atoms with van der Waals surface area (Å²) in [5.74, 6) is 2.77. The number of ether oxygens (including phenoxy) is 4. The summed E-state index contributed by atoms with van der Waals surface area (Å²) in [6.45, 7) is 0. The van der Waals surface area contributed by atoms with E-state index in [2.05, 4.69) is 34.7 Å². The van der Waals surface area contributed by atoms with Crippen LogP contribution >= 0.6 is 0 Å². The fraction of sp³-hybridized carbons (Fsp3) is 0.185. The summed E-state index contributed by atoms with van der Waals surface area (Å²) >= 11 is 0. The van der Waals surface area contributed by atoms with E-state index in [4.69, 9.17) is 18.9 Å². The zero-order valence-electron chi connectivity index (χ0n) is 19.2. The Morgan fingerprint density at radius 3 is 2.06 bits per heavy atom. The average molecular weight is 445 g/mol. The van der Waals surface area contributed by atoms with Crippen LogP contribution in [-0.2, 0) is 0 Å². The molecule has 3 aromatic rings. The van der Waals surface area contributed by atoms with E-state index in [1.54, 1.807) is 28.4 Å². The Hall–Kier alpha value is -3.90. The lowest BCUT2D eigenvalue weighted by atomic mass is 10.1. The number of anilines is 1. The highest BCUT2D eigenvalue weighted by Gasteiger charge is 2.27. The lowest BCUT2D eigenvalue weighted by Gasteiger charge is -2.25. The molecule has 4 rings (SSSR count). The predicted molar refractivity (Wildman–Crippen MR) is 132 cm³/mol. The van der Waals surface area contributed by atoms with Crippen LogP contribution in [0.3, 0.4) is 0 Å². The molecule has 0 bridgehead atoms. The van der Waals surface area contributed by atoms with Crippen LogP contribution in [-0.4, -0.2) is 34.5 Å². The minimum atomic E-state index is -0.0629. The third-order valence-corrected chi connectivity index (χ3v) is 5.47. The first kappa shape index (κ1) is 22.3. The molecule has 6 nitrogen and oxygen atoms in total. The van der Waals surface area contributed by atoms with Crippen LogP contribution in [0, 0.1) is 0 Å². The van der Waals surface area contributed by atoms with Crippen molar-refractivity contribution >= 4 is 17.5 Å². The smallest absolute Gasteiger partial charge is 0.170 e. The number of hydrogen-bond acceptors (Lipinski definition) is 6. The zero-order valence-corrected chi connectivity index (χ0v) is 19.2. The minimum Gasteiger partial charge on any atom is -0.493 e. The third-order valence-electron chi connectivity index (χ3n) is 5.47. The quantitative estimate of drug-likeness (QED) is 0.517. The fourth-order valence-electron chi connectivity index (χ4n) is 3.94. The Labute approximate surface area is 194 Å². The molecule has 0 radical (unpaired) electrons. The molecule has 0 amide bonds. The molecule has 33 heavy (non-hydrogen) atoms. The first-order valence-electron chi connectivity index (χ1n) is 10.6. The molecule has 1 N–H and O–H groups in total. The van der Waals surface area contributed by atoms with Crippen molar-refractivity contribution in [2.75, 3.05) is 33.4 Å². The Kier molecular flexibility index (Phi) is 6.86. The van der Waals surface area contributed by atoms with Crippen molar-refractivity contribution in [1.82, 2.24) is 5.43 Å². The largest absolute Gasteiger partial charge is 0.493 e. The van der Waals surface area contributed by atoms with Crippen molar-refractivity contribution in [1.29, 1.82) is 0 Å². The van der Waals surface area contributed by atoms with Gasteiger partial charge in [-0.3, -0.25) is 5.01 Å². The van der Waals surface area contributed by atoms with Crippen LogP contribution in [0.5, 0.6) is 23.0 Å². The molecule has 1 aliphatic rings. The average Bonchev–Trinajstić information content (AvgIpc) is 3.31. The van der Waals surface area contributed by atoms with Gasteiger partial charge < -0.3 is 18.9 Å². The molecule has 0 spiro atoms. The fourth-order valence-corrected chi connectivity index (χ4v) is 3.94. The van der Waals surface area contributed by atoms with Crippen LogP contribution in [0.15, 0.2) is 78.9 Å². The number of hydrazine groups is 1. The van der Waals surface area contributed by atoms with Gasteiger partial charge in [-0.05, 0) is 36.4 Å². The summed E-state index contributed by atoms with van der Waals surface area (Å²) in [6.07, 6.45) is 6.28. The molecule has 6 heteroatoms. The van der Waals surface area contributed by atoms with E-state index in [1.165, 1.54) is 0 Å². The van der Waals surface area contributed by atoms with Crippen LogP contribution in [0.1, 0.15) is 11.1 Å². The molecule has 1 unspecified atom stereocenters. The van der Waals surface area contributed by atoms with Gasteiger partial charge in [-0.2, -0.15) is 0 Å². The first-order chi connectivity index (χ1) is 16.2. The summed E-state index contributed by atoms with van der Waals surface area (Å²) in [5, 5.41) is 2.06. The molecule has 0 saturated heterocycles. The zero-order chi connectivity index (χ0) is 23.2. The topological polar surface area (TPSA) is 52.2 Å². The maximum atomic E-state index is 5.72. The molecule has 0 fully saturated rings. The van der Waals surface area contributed by atoms with Gasteiger partial charge in [0.1, 0.15) is 0 Å². The summed E-state index contributed by atoms with van der Waals surface area (Å²) < 4.78 is 22.2. The van der Waals surface area contributed by atoms with Gasteiger partial charge in [0.15, 0.2) is 23.0 Å². The maximum Gasteiger partial charge on any atom is 0.170 e. The van der Waals surface area contributed by atoms with E-state index in [0.29, 0.717) is 23.0 Å². The second-order valence-electron chi connectivity index (χ2n) is 7.36. The van der Waals surface area contributed by atoms with Gasteiger partial charge in [0.05, 0.1) is 45.9 Å². The SMILES string of the molecule is COc1cccc(C=CC2C=C(c3cccc(OC)c3OC)N(c3ccccc3)N2)c1OC. The number of rotatable bonds is 8. The van der Waals surface area contributed by atoms with Crippen molar-refractivity contribution in [3.8, 4) is 23.0 Å². The van der Waals surface area contributed by atoms with Crippen LogP contribution in [0.2, 0.25) is 0 Å². The Bertz CT molecular complexity index is 1160. The summed E-state index contributed by atoms with van der Waals surface area (Å²) in [6, 6.07) is 21.8. The summed E-state index contributed by atoms with van der Waals surface area (Å²) in [5.41, 5.74) is 7.43. The van der Waals surface area contributed by atoms with Gasteiger partial charge in [-0.15, -0.1) is 0 Å². The van der Waals surface area contributed by atoms with Crippen molar-refractivity contribution in [3.63, 3.8) is 0 Å². The molecular formula is C27H28N2O4. The summed E-state index contributed by atoms with van der Waals surface area (Å²) in [4.78, 5) is 0. The minimum absolute atomic E-state index is 0.0629. The first-order valence-corrected chi connectivity index (χ1v) is 10.6. The standard InChI is InChI=1S/C27H28N2O4/c1-30-24-14-8-10-19(26(24)32-3)16-17-20-18-23(29(28-20)21-11-6-5-7-12-21)22-13-9-15-25(31-2)27(22)33-4/h5-18,20,28H,1-4H3. The van der Waals surface area contributed by atoms with E-state index >= 15 is 0 Å². The second-order valence-corrected chi connectivity index (χ2v) is 7.36. The van der Waals surface area contributed by atoms with Crippen molar-refractivity contribution in [2.45, 2.75) is 6.04 Å². The number of benzene rings is 3. The van der Waals surface area contributed by atoms with Gasteiger partial charge in [-0.25, -0.2) is 5.43 Å². The van der Waals surface area contributed by atoms with Crippen LogP contribution in [0.4, 0.5) is 5.69 Å². The van der Waals surface area contributed by atoms with Gasteiger partial charge in [-0.1, -0.05) is 48.6 Å². The number of hydrogen-bond donors (Lipinski definition) is 1. The third kappa shape index (κ3) is 4.52. The predicted octanol–water partition coefficient (Wildman–Crippen LogP) is 5.17. The second kappa shape index (κ2) is 10.1. The lowest BCUT2D eigenvalue weighted by molar-refractivity contribution is 0.354. The van der Waals surface area contributed by atoms with E-state index in [0.717, 1.165) is 22.5 Å². The normalized spacial score (nSPS) is 15.5. The summed E-state index contributed by atoms with van der Waals surface area (Å²) in [7, 11) is 6.58. The van der Waals surface area contributed by atoms with Crippen molar-refractivity contribution < 1.29 is 18.9 Å². The lowest BCUT2D eigenvalue weighted by Crippen LogP contribution is -2.35. The molecule has 1 atom stereocenters. The van der Waals surface area contributed by atoms with E-state index in [1.807, 2.05) is 60.7 Å². The highest BCUT2D eigenvalue weighted by Crippen LogP contribution is 2.39. The van der Waals surface area contributed by atoms with E-state index in [-0.39, 0.29) is 6.04 Å². The molecule has 0 aliphatic carbocycles. The van der Waals surface area contributed by atoms with Gasteiger partial charge in [0.25, 0.3) is 0 Å². The number of para-hydroxylation sites is 3. The Balaban J connectivity index is 1.74. The van der Waals surface area contributed by atoms with Gasteiger partial charge in [0, 0.05) is 11.1 Å². The monoisotopic (exact) mass is 444 g/mol. The van der Waals surface area contributed by atoms with Gasteiger partial charge >= 0.3 is 0 Å². The molecule has 0 saturated carbocycles. The molecule has 1 aliphatic heterocycles. The van der Waals surface area contributed by atoms with Crippen LogP contribution < -0.4 is 29.4 Å². The molecule has 3 aromatic carbocycles.